The van der Waals surface area contributed by atoms with E-state index < -0.39 is 11.6 Å². The molecule has 32 heavy (non-hydrogen) atoms. The third kappa shape index (κ3) is 8.54. The van der Waals surface area contributed by atoms with Gasteiger partial charge in [0.05, 0.1) is 0 Å². The molecule has 174 valence electrons. The predicted octanol–water partition coefficient (Wildman–Crippen LogP) is 7.10. The normalized spacial score (nSPS) is 11.9. The number of carbonyl (C=O) groups is 1. The summed E-state index contributed by atoms with van der Waals surface area (Å²) < 4.78 is 5.59. The zero-order valence-corrected chi connectivity index (χ0v) is 20.0. The monoisotopic (exact) mass is 459 g/mol. The number of carboxylic acids is 1. The summed E-state index contributed by atoms with van der Waals surface area (Å²) in [6.45, 7) is 5.82. The Labute approximate surface area is 196 Å². The second-order valence-corrected chi connectivity index (χ2v) is 8.78. The van der Waals surface area contributed by atoms with Gasteiger partial charge in [-0.05, 0) is 63.1 Å². The first-order valence-electron chi connectivity index (χ1n) is 11.3. The number of halogens is 1. The van der Waals surface area contributed by atoms with Crippen molar-refractivity contribution in [2.75, 3.05) is 6.61 Å². The van der Waals surface area contributed by atoms with Crippen molar-refractivity contribution < 1.29 is 19.5 Å². The molecule has 0 aliphatic rings. The molecule has 1 N–H and O–H groups in total. The predicted molar refractivity (Wildman–Crippen MR) is 130 cm³/mol. The van der Waals surface area contributed by atoms with E-state index in [1.807, 2.05) is 36.4 Å². The molecule has 0 saturated carbocycles. The van der Waals surface area contributed by atoms with E-state index in [0.29, 0.717) is 23.1 Å². The summed E-state index contributed by atoms with van der Waals surface area (Å²) in [4.78, 5) is 17.0. The fourth-order valence-corrected chi connectivity index (χ4v) is 3.26. The highest BCUT2D eigenvalue weighted by molar-refractivity contribution is 6.30. The third-order valence-electron chi connectivity index (χ3n) is 5.13. The highest BCUT2D eigenvalue weighted by Gasteiger charge is 2.29. The largest absolute Gasteiger partial charge is 0.478 e. The van der Waals surface area contributed by atoms with E-state index >= 15 is 0 Å². The number of benzene rings is 2. The van der Waals surface area contributed by atoms with Crippen LogP contribution in [0.5, 0.6) is 5.75 Å². The van der Waals surface area contributed by atoms with Gasteiger partial charge in [0.1, 0.15) is 18.1 Å². The van der Waals surface area contributed by atoms with Crippen LogP contribution in [0, 0.1) is 0 Å². The Morgan fingerprint density at radius 1 is 0.906 bits per heavy atom. The minimum Gasteiger partial charge on any atom is -0.478 e. The third-order valence-corrected chi connectivity index (χ3v) is 5.38. The molecule has 6 heteroatoms. The fourth-order valence-electron chi connectivity index (χ4n) is 3.13. The smallest absolute Gasteiger partial charge is 0.347 e. The van der Waals surface area contributed by atoms with E-state index in [2.05, 4.69) is 12.1 Å². The minimum atomic E-state index is -1.31. The van der Waals surface area contributed by atoms with Crippen LogP contribution in [0.25, 0.3) is 0 Å². The molecule has 0 aliphatic carbocycles. The van der Waals surface area contributed by atoms with Gasteiger partial charge >= 0.3 is 5.97 Å². The van der Waals surface area contributed by atoms with Crippen LogP contribution in [0.15, 0.2) is 53.7 Å². The van der Waals surface area contributed by atoms with Crippen molar-refractivity contribution in [1.29, 1.82) is 0 Å². The molecular formula is C26H34ClNO4. The lowest BCUT2D eigenvalue weighted by molar-refractivity contribution is -0.152. The van der Waals surface area contributed by atoms with Gasteiger partial charge in [0.25, 0.3) is 0 Å². The number of oxime groups is 1. The molecule has 0 aromatic heterocycles. The van der Waals surface area contributed by atoms with Crippen LogP contribution in [0.2, 0.25) is 5.02 Å². The molecule has 0 radical (unpaired) electrons. The Hall–Kier alpha value is -2.53. The number of rotatable bonds is 14. The van der Waals surface area contributed by atoms with Gasteiger partial charge in [0, 0.05) is 16.1 Å². The molecule has 0 aliphatic heterocycles. The molecule has 0 fully saturated rings. The standard InChI is InChI=1S/C26H34ClNO4/c1-4-5-6-7-8-9-10-19-31-28-24(20-11-15-22(27)16-12-20)21-13-17-23(18-14-21)32-26(2,3)25(29)30/h11-18H,4-10,19H2,1-3H3,(H,29,30)/b28-24-. The molecule has 0 amide bonds. The van der Waals surface area contributed by atoms with Crippen LogP contribution in [0.1, 0.15) is 76.8 Å². The first-order chi connectivity index (χ1) is 15.3. The Morgan fingerprint density at radius 2 is 1.44 bits per heavy atom. The van der Waals surface area contributed by atoms with E-state index in [-0.39, 0.29) is 0 Å². The fraction of sp³-hybridized carbons (Fsp3) is 0.462. The van der Waals surface area contributed by atoms with Crippen molar-refractivity contribution in [2.24, 2.45) is 5.16 Å². The van der Waals surface area contributed by atoms with Crippen LogP contribution >= 0.6 is 11.6 Å². The lowest BCUT2D eigenvalue weighted by Crippen LogP contribution is -2.37. The highest BCUT2D eigenvalue weighted by atomic mass is 35.5. The van der Waals surface area contributed by atoms with Gasteiger partial charge in [0.2, 0.25) is 0 Å². The summed E-state index contributed by atoms with van der Waals surface area (Å²) in [5.74, 6) is -0.552. The van der Waals surface area contributed by atoms with Crippen molar-refractivity contribution in [3.63, 3.8) is 0 Å². The van der Waals surface area contributed by atoms with E-state index in [9.17, 15) is 9.90 Å². The maximum atomic E-state index is 11.3. The Bertz CT molecular complexity index is 860. The topological polar surface area (TPSA) is 68.1 Å². The molecule has 0 saturated heterocycles. The Balaban J connectivity index is 2.05. The summed E-state index contributed by atoms with van der Waals surface area (Å²) in [6, 6.07) is 14.6. The highest BCUT2D eigenvalue weighted by Crippen LogP contribution is 2.22. The van der Waals surface area contributed by atoms with Crippen LogP contribution < -0.4 is 4.74 Å². The zero-order chi connectivity index (χ0) is 23.4. The maximum Gasteiger partial charge on any atom is 0.347 e. The number of unbranched alkanes of at least 4 members (excludes halogenated alkanes) is 6. The van der Waals surface area contributed by atoms with Gasteiger partial charge in [-0.15, -0.1) is 0 Å². The molecular weight excluding hydrogens is 426 g/mol. The molecule has 0 atom stereocenters. The maximum absolute atomic E-state index is 11.3. The van der Waals surface area contributed by atoms with E-state index in [1.54, 1.807) is 12.1 Å². The van der Waals surface area contributed by atoms with Crippen molar-refractivity contribution in [1.82, 2.24) is 0 Å². The van der Waals surface area contributed by atoms with Crippen LogP contribution in [0.4, 0.5) is 0 Å². The molecule has 2 rings (SSSR count). The van der Waals surface area contributed by atoms with Gasteiger partial charge < -0.3 is 14.7 Å². The lowest BCUT2D eigenvalue weighted by atomic mass is 10.0. The van der Waals surface area contributed by atoms with Crippen molar-refractivity contribution in [2.45, 2.75) is 71.3 Å². The SMILES string of the molecule is CCCCCCCCCO/N=C(/c1ccc(Cl)cc1)c1ccc(OC(C)(C)C(=O)O)cc1. The first kappa shape index (κ1) is 25.7. The summed E-state index contributed by atoms with van der Waals surface area (Å²) in [6.07, 6.45) is 8.49. The number of aliphatic carboxylic acids is 1. The Morgan fingerprint density at radius 3 is 2.00 bits per heavy atom. The quantitative estimate of drug-likeness (QED) is 0.186. The number of hydrogen-bond donors (Lipinski definition) is 1. The summed E-state index contributed by atoms with van der Waals surface area (Å²) >= 11 is 6.04. The average molecular weight is 460 g/mol. The molecule has 0 spiro atoms. The van der Waals surface area contributed by atoms with Crippen molar-refractivity contribution in [3.05, 3.63) is 64.7 Å². The minimum absolute atomic E-state index is 0.473. The lowest BCUT2D eigenvalue weighted by Gasteiger charge is -2.21. The summed E-state index contributed by atoms with van der Waals surface area (Å²) in [5.41, 5.74) is 1.10. The van der Waals surface area contributed by atoms with E-state index in [1.165, 1.54) is 46.0 Å². The summed E-state index contributed by atoms with van der Waals surface area (Å²) in [5, 5.41) is 14.3. The second kappa shape index (κ2) is 13.1. The first-order valence-corrected chi connectivity index (χ1v) is 11.7. The van der Waals surface area contributed by atoms with E-state index in [4.69, 9.17) is 21.2 Å². The van der Waals surface area contributed by atoms with Gasteiger partial charge in [-0.3, -0.25) is 0 Å². The van der Waals surface area contributed by atoms with Gasteiger partial charge in [-0.1, -0.05) is 67.9 Å². The Kier molecular flexibility index (Phi) is 10.5. The zero-order valence-electron chi connectivity index (χ0n) is 19.3. The van der Waals surface area contributed by atoms with Crippen LogP contribution in [0.3, 0.4) is 0 Å². The molecule has 0 unspecified atom stereocenters. The average Bonchev–Trinajstić information content (AvgIpc) is 2.76. The summed E-state index contributed by atoms with van der Waals surface area (Å²) in [7, 11) is 0. The van der Waals surface area contributed by atoms with Crippen molar-refractivity contribution >= 4 is 23.3 Å². The molecule has 0 heterocycles. The van der Waals surface area contributed by atoms with Crippen molar-refractivity contribution in [3.8, 4) is 5.75 Å². The van der Waals surface area contributed by atoms with Crippen LogP contribution in [-0.4, -0.2) is 29.0 Å². The number of nitrogens with zero attached hydrogens (tertiary/aromatic N) is 1. The number of hydrogen-bond acceptors (Lipinski definition) is 4. The molecule has 5 nitrogen and oxygen atoms in total. The van der Waals surface area contributed by atoms with Gasteiger partial charge in [0.15, 0.2) is 5.60 Å². The molecule has 0 bridgehead atoms. The second-order valence-electron chi connectivity index (χ2n) is 8.34. The van der Waals surface area contributed by atoms with Gasteiger partial charge in [-0.2, -0.15) is 0 Å². The molecule has 2 aromatic carbocycles. The van der Waals surface area contributed by atoms with E-state index in [0.717, 1.165) is 24.0 Å². The van der Waals surface area contributed by atoms with Crippen LogP contribution in [-0.2, 0) is 9.63 Å². The molecule has 2 aromatic rings. The number of ether oxygens (including phenoxy) is 1. The van der Waals surface area contributed by atoms with Gasteiger partial charge in [-0.25, -0.2) is 4.79 Å². The number of carboxylic acid groups (broad SMARTS) is 1.